The number of nitrogens with zero attached hydrogens (tertiary/aromatic N) is 1. The van der Waals surface area contributed by atoms with Crippen LogP contribution in [-0.4, -0.2) is 11.6 Å². The predicted molar refractivity (Wildman–Crippen MR) is 56.2 cm³/mol. The Labute approximate surface area is 90.0 Å². The first-order chi connectivity index (χ1) is 7.70. The molecule has 0 atom stereocenters. The number of hydrogen-bond acceptors (Lipinski definition) is 4. The molecule has 0 amide bonds. The molecule has 0 radical (unpaired) electrons. The highest BCUT2D eigenvalue weighted by atomic mass is 19.3. The van der Waals surface area contributed by atoms with Gasteiger partial charge >= 0.3 is 6.61 Å². The highest BCUT2D eigenvalue weighted by Crippen LogP contribution is 2.26. The summed E-state index contributed by atoms with van der Waals surface area (Å²) in [5.74, 6) is 5.38. The molecule has 0 aliphatic rings. The third kappa shape index (κ3) is 2.01. The number of nitrogens with two attached hydrogens (primary N) is 1. The molecule has 84 valence electrons. The van der Waals surface area contributed by atoms with E-state index in [9.17, 15) is 8.78 Å². The van der Waals surface area contributed by atoms with Gasteiger partial charge in [0.1, 0.15) is 5.75 Å². The van der Waals surface area contributed by atoms with Crippen LogP contribution in [0.5, 0.6) is 5.75 Å². The molecule has 1 heterocycles. The number of nitrogens with one attached hydrogen (secondary N) is 1. The second-order valence-corrected chi connectivity index (χ2v) is 3.06. The number of halogens is 2. The van der Waals surface area contributed by atoms with Gasteiger partial charge in [0.2, 0.25) is 0 Å². The summed E-state index contributed by atoms with van der Waals surface area (Å²) in [6.07, 6.45) is 1.57. The first-order valence-corrected chi connectivity index (χ1v) is 4.51. The van der Waals surface area contributed by atoms with E-state index < -0.39 is 6.61 Å². The summed E-state index contributed by atoms with van der Waals surface area (Å²) in [6, 6.07) is 6.13. The molecule has 1 aromatic carbocycles. The molecule has 4 nitrogen and oxygen atoms in total. The molecule has 3 N–H and O–H groups in total. The maximum absolute atomic E-state index is 12.0. The second-order valence-electron chi connectivity index (χ2n) is 3.06. The van der Waals surface area contributed by atoms with E-state index in [-0.39, 0.29) is 5.75 Å². The lowest BCUT2D eigenvalue weighted by Gasteiger charge is -2.08. The summed E-state index contributed by atoms with van der Waals surface area (Å²) in [5.41, 5.74) is 3.72. The molecular formula is C10H9F2N3O. The monoisotopic (exact) mass is 225 g/mol. The lowest BCUT2D eigenvalue weighted by Crippen LogP contribution is -2.07. The number of nitrogen functional groups attached to an aromatic ring is 1. The highest BCUT2D eigenvalue weighted by Gasteiger charge is 2.07. The molecule has 0 unspecified atom stereocenters. The smallest absolute Gasteiger partial charge is 0.387 e. The minimum absolute atomic E-state index is 0.0759. The van der Waals surface area contributed by atoms with Crippen LogP contribution in [0.25, 0.3) is 10.9 Å². The number of fused-ring (bicyclic) bond motifs is 1. The quantitative estimate of drug-likeness (QED) is 0.620. The third-order valence-electron chi connectivity index (χ3n) is 2.09. The van der Waals surface area contributed by atoms with E-state index in [1.165, 1.54) is 12.1 Å². The molecule has 2 rings (SSSR count). The van der Waals surface area contributed by atoms with Gasteiger partial charge in [-0.05, 0) is 24.3 Å². The van der Waals surface area contributed by atoms with E-state index in [0.29, 0.717) is 16.6 Å². The predicted octanol–water partition coefficient (Wildman–Crippen LogP) is 2.12. The lowest BCUT2D eigenvalue weighted by atomic mass is 10.2. The van der Waals surface area contributed by atoms with E-state index in [0.717, 1.165) is 0 Å². The Hall–Kier alpha value is -1.95. The Kier molecular flexibility index (Phi) is 2.82. The first-order valence-electron chi connectivity index (χ1n) is 4.51. The molecule has 0 saturated heterocycles. The SMILES string of the molecule is NNc1ccnc2ccc(OC(F)F)cc12. The second kappa shape index (κ2) is 4.28. The zero-order valence-corrected chi connectivity index (χ0v) is 8.15. The van der Waals surface area contributed by atoms with Crippen LogP contribution in [0.1, 0.15) is 0 Å². The number of aromatic nitrogens is 1. The number of alkyl halides is 2. The number of hydrazine groups is 1. The van der Waals surface area contributed by atoms with E-state index >= 15 is 0 Å². The van der Waals surface area contributed by atoms with E-state index in [2.05, 4.69) is 15.1 Å². The molecular weight excluding hydrogens is 216 g/mol. The molecule has 16 heavy (non-hydrogen) atoms. The molecule has 0 saturated carbocycles. The van der Waals surface area contributed by atoms with Crippen molar-refractivity contribution in [1.82, 2.24) is 4.98 Å². The molecule has 0 bridgehead atoms. The standard InChI is InChI=1S/C10H9F2N3O/c11-10(12)16-6-1-2-8-7(5-6)9(15-13)3-4-14-8/h1-5,10H,13H2,(H,14,15). The Morgan fingerprint density at radius 3 is 2.81 bits per heavy atom. The molecule has 0 fully saturated rings. The van der Waals surface area contributed by atoms with Crippen LogP contribution < -0.4 is 16.0 Å². The van der Waals surface area contributed by atoms with Crippen LogP contribution in [-0.2, 0) is 0 Å². The fourth-order valence-electron chi connectivity index (χ4n) is 1.43. The van der Waals surface area contributed by atoms with Crippen LogP contribution >= 0.6 is 0 Å². The topological polar surface area (TPSA) is 60.2 Å². The molecule has 0 spiro atoms. The maximum atomic E-state index is 12.0. The Balaban J connectivity index is 2.50. The zero-order chi connectivity index (χ0) is 11.5. The fourth-order valence-corrected chi connectivity index (χ4v) is 1.43. The largest absolute Gasteiger partial charge is 0.435 e. The van der Waals surface area contributed by atoms with Crippen molar-refractivity contribution in [2.24, 2.45) is 5.84 Å². The molecule has 0 aliphatic carbocycles. The minimum Gasteiger partial charge on any atom is -0.435 e. The molecule has 6 heteroatoms. The summed E-state index contributed by atoms with van der Waals surface area (Å²) < 4.78 is 28.3. The minimum atomic E-state index is -2.84. The first kappa shape index (κ1) is 10.6. The summed E-state index contributed by atoms with van der Waals surface area (Å²) >= 11 is 0. The van der Waals surface area contributed by atoms with Crippen molar-refractivity contribution in [2.75, 3.05) is 5.43 Å². The number of ether oxygens (including phenoxy) is 1. The van der Waals surface area contributed by atoms with Crippen LogP contribution in [0.3, 0.4) is 0 Å². The van der Waals surface area contributed by atoms with E-state index in [1.807, 2.05) is 0 Å². The maximum Gasteiger partial charge on any atom is 0.387 e. The number of benzene rings is 1. The van der Waals surface area contributed by atoms with Gasteiger partial charge in [0.05, 0.1) is 11.2 Å². The van der Waals surface area contributed by atoms with Gasteiger partial charge in [-0.25, -0.2) is 0 Å². The van der Waals surface area contributed by atoms with Crippen LogP contribution in [0, 0.1) is 0 Å². The van der Waals surface area contributed by atoms with Gasteiger partial charge in [0.25, 0.3) is 0 Å². The number of pyridine rings is 1. The van der Waals surface area contributed by atoms with Gasteiger partial charge < -0.3 is 10.2 Å². The molecule has 2 aromatic rings. The van der Waals surface area contributed by atoms with Gasteiger partial charge in [-0.15, -0.1) is 0 Å². The van der Waals surface area contributed by atoms with Gasteiger partial charge in [0, 0.05) is 11.6 Å². The fraction of sp³-hybridized carbons (Fsp3) is 0.100. The summed E-state index contributed by atoms with van der Waals surface area (Å²) in [5, 5.41) is 0.628. The van der Waals surface area contributed by atoms with Crippen molar-refractivity contribution in [3.8, 4) is 5.75 Å². The molecule has 1 aromatic heterocycles. The average Bonchev–Trinajstić information content (AvgIpc) is 2.27. The summed E-state index contributed by atoms with van der Waals surface area (Å²) in [6.45, 7) is -2.84. The van der Waals surface area contributed by atoms with Crippen molar-refractivity contribution in [1.29, 1.82) is 0 Å². The van der Waals surface area contributed by atoms with Gasteiger partial charge in [0.15, 0.2) is 0 Å². The highest BCUT2D eigenvalue weighted by molar-refractivity contribution is 5.91. The normalized spacial score (nSPS) is 10.8. The molecule has 0 aliphatic heterocycles. The van der Waals surface area contributed by atoms with Gasteiger partial charge in [-0.1, -0.05) is 0 Å². The van der Waals surface area contributed by atoms with Gasteiger partial charge in [-0.2, -0.15) is 8.78 Å². The van der Waals surface area contributed by atoms with Crippen molar-refractivity contribution < 1.29 is 13.5 Å². The van der Waals surface area contributed by atoms with Crippen LogP contribution in [0.4, 0.5) is 14.5 Å². The van der Waals surface area contributed by atoms with Crippen molar-refractivity contribution >= 4 is 16.6 Å². The lowest BCUT2D eigenvalue weighted by molar-refractivity contribution is -0.0497. The van der Waals surface area contributed by atoms with Crippen molar-refractivity contribution in [3.05, 3.63) is 30.5 Å². The van der Waals surface area contributed by atoms with Crippen molar-refractivity contribution in [2.45, 2.75) is 6.61 Å². The Morgan fingerprint density at radius 1 is 1.31 bits per heavy atom. The van der Waals surface area contributed by atoms with E-state index in [4.69, 9.17) is 5.84 Å². The van der Waals surface area contributed by atoms with Crippen LogP contribution in [0.2, 0.25) is 0 Å². The summed E-state index contributed by atoms with van der Waals surface area (Å²) in [4.78, 5) is 4.07. The van der Waals surface area contributed by atoms with Crippen LogP contribution in [0.15, 0.2) is 30.5 Å². The van der Waals surface area contributed by atoms with Crippen molar-refractivity contribution in [3.63, 3.8) is 0 Å². The zero-order valence-electron chi connectivity index (χ0n) is 8.15. The number of hydrogen-bond donors (Lipinski definition) is 2. The Bertz CT molecular complexity index is 504. The number of anilines is 1. The third-order valence-corrected chi connectivity index (χ3v) is 2.09. The average molecular weight is 225 g/mol. The summed E-state index contributed by atoms with van der Waals surface area (Å²) in [7, 11) is 0. The number of rotatable bonds is 3. The van der Waals surface area contributed by atoms with E-state index in [1.54, 1.807) is 18.3 Å². The van der Waals surface area contributed by atoms with Gasteiger partial charge in [-0.3, -0.25) is 10.8 Å². The Morgan fingerprint density at radius 2 is 2.12 bits per heavy atom.